The highest BCUT2D eigenvalue weighted by molar-refractivity contribution is 8.76. The van der Waals surface area contributed by atoms with Crippen molar-refractivity contribution in [3.63, 3.8) is 0 Å². The van der Waals surface area contributed by atoms with Gasteiger partial charge in [-0.3, -0.25) is 9.59 Å². The van der Waals surface area contributed by atoms with Crippen molar-refractivity contribution < 1.29 is 19.8 Å². The van der Waals surface area contributed by atoms with Gasteiger partial charge in [0.15, 0.2) is 0 Å². The molecule has 0 rings (SSSR count). The molecule has 6 heteroatoms. The number of hydrogen-bond donors (Lipinski definition) is 2. The molecular weight excluding hydrogens is 272 g/mol. The summed E-state index contributed by atoms with van der Waals surface area (Å²) in [4.78, 5) is 20.5. The van der Waals surface area contributed by atoms with Crippen molar-refractivity contribution in [3.8, 4) is 0 Å². The maximum atomic E-state index is 10.3. The molecular formula is C12H22O4S2. The minimum absolute atomic E-state index is 0.279. The molecule has 0 aromatic carbocycles. The molecule has 0 aliphatic rings. The first kappa shape index (κ1) is 17.6. The Hall–Kier alpha value is -0.360. The van der Waals surface area contributed by atoms with Gasteiger partial charge in [0.2, 0.25) is 0 Å². The van der Waals surface area contributed by atoms with E-state index in [-0.39, 0.29) is 12.8 Å². The van der Waals surface area contributed by atoms with E-state index < -0.39 is 11.9 Å². The van der Waals surface area contributed by atoms with Gasteiger partial charge >= 0.3 is 11.9 Å². The van der Waals surface area contributed by atoms with Crippen LogP contribution in [0.4, 0.5) is 0 Å². The number of carboxylic acid groups (broad SMARTS) is 2. The number of carbonyl (C=O) groups is 2. The Kier molecular flexibility index (Phi) is 12.8. The molecule has 0 aromatic heterocycles. The van der Waals surface area contributed by atoms with Crippen LogP contribution in [0.1, 0.15) is 51.4 Å². The maximum Gasteiger partial charge on any atom is 0.303 e. The second-order valence-corrected chi connectivity index (χ2v) is 6.75. The third-order valence-electron chi connectivity index (χ3n) is 2.32. The lowest BCUT2D eigenvalue weighted by Crippen LogP contribution is -1.94. The van der Waals surface area contributed by atoms with Crippen LogP contribution >= 0.6 is 21.6 Å². The summed E-state index contributed by atoms with van der Waals surface area (Å²) in [5.74, 6) is 0.718. The first-order valence-corrected chi connectivity index (χ1v) is 8.79. The second kappa shape index (κ2) is 13.1. The fourth-order valence-electron chi connectivity index (χ4n) is 1.35. The molecule has 0 aliphatic carbocycles. The van der Waals surface area contributed by atoms with Crippen LogP contribution in [0.2, 0.25) is 0 Å². The van der Waals surface area contributed by atoms with E-state index in [9.17, 15) is 9.59 Å². The van der Waals surface area contributed by atoms with Gasteiger partial charge in [-0.15, -0.1) is 0 Å². The summed E-state index contributed by atoms with van der Waals surface area (Å²) in [5.41, 5.74) is 0. The quantitative estimate of drug-likeness (QED) is 0.399. The van der Waals surface area contributed by atoms with Crippen molar-refractivity contribution >= 4 is 33.5 Å². The summed E-state index contributed by atoms with van der Waals surface area (Å²) in [6.07, 6.45) is 6.22. The summed E-state index contributed by atoms with van der Waals surface area (Å²) in [5, 5.41) is 16.9. The monoisotopic (exact) mass is 294 g/mol. The van der Waals surface area contributed by atoms with Gasteiger partial charge in [0.05, 0.1) is 0 Å². The van der Waals surface area contributed by atoms with Crippen LogP contribution < -0.4 is 0 Å². The summed E-state index contributed by atoms with van der Waals surface area (Å²) >= 11 is 0. The number of unbranched alkanes of at least 4 members (excludes halogenated alkanes) is 4. The zero-order valence-electron chi connectivity index (χ0n) is 10.6. The molecule has 0 saturated heterocycles. The van der Waals surface area contributed by atoms with E-state index in [2.05, 4.69) is 0 Å². The minimum atomic E-state index is -0.710. The van der Waals surface area contributed by atoms with Gasteiger partial charge < -0.3 is 10.2 Å². The zero-order valence-corrected chi connectivity index (χ0v) is 12.2. The Labute approximate surface area is 116 Å². The topological polar surface area (TPSA) is 74.6 Å². The molecule has 0 aromatic rings. The summed E-state index contributed by atoms with van der Waals surface area (Å²) in [6, 6.07) is 0. The maximum absolute atomic E-state index is 10.3. The third kappa shape index (κ3) is 15.6. The van der Waals surface area contributed by atoms with Crippen molar-refractivity contribution in [3.05, 3.63) is 0 Å². The predicted octanol–water partition coefficient (Wildman–Crippen LogP) is 3.66. The van der Waals surface area contributed by atoms with Crippen molar-refractivity contribution in [2.75, 3.05) is 11.5 Å². The van der Waals surface area contributed by atoms with Crippen LogP contribution in [-0.4, -0.2) is 33.7 Å². The van der Waals surface area contributed by atoms with E-state index in [1.54, 1.807) is 0 Å². The molecule has 0 radical (unpaired) electrons. The smallest absolute Gasteiger partial charge is 0.303 e. The van der Waals surface area contributed by atoms with Gasteiger partial charge in [0, 0.05) is 24.3 Å². The molecule has 0 heterocycles. The van der Waals surface area contributed by atoms with Crippen molar-refractivity contribution in [1.29, 1.82) is 0 Å². The normalized spacial score (nSPS) is 10.4. The molecule has 0 saturated carbocycles. The average molecular weight is 294 g/mol. The lowest BCUT2D eigenvalue weighted by molar-refractivity contribution is -0.138. The zero-order chi connectivity index (χ0) is 13.6. The molecule has 0 fully saturated rings. The minimum Gasteiger partial charge on any atom is -0.481 e. The van der Waals surface area contributed by atoms with E-state index in [1.165, 1.54) is 0 Å². The van der Waals surface area contributed by atoms with Crippen molar-refractivity contribution in [1.82, 2.24) is 0 Å². The van der Waals surface area contributed by atoms with Crippen molar-refractivity contribution in [2.24, 2.45) is 0 Å². The summed E-state index contributed by atoms with van der Waals surface area (Å²) in [7, 11) is 3.66. The second-order valence-electron chi connectivity index (χ2n) is 4.05. The first-order chi connectivity index (χ1) is 8.63. The van der Waals surface area contributed by atoms with E-state index in [0.29, 0.717) is 0 Å². The molecule has 18 heavy (non-hydrogen) atoms. The van der Waals surface area contributed by atoms with Gasteiger partial charge in [-0.25, -0.2) is 0 Å². The molecule has 4 nitrogen and oxygen atoms in total. The van der Waals surface area contributed by atoms with Crippen LogP contribution in [0.25, 0.3) is 0 Å². The molecule has 0 amide bonds. The van der Waals surface area contributed by atoms with Gasteiger partial charge in [-0.1, -0.05) is 34.4 Å². The van der Waals surface area contributed by atoms with Gasteiger partial charge in [-0.2, -0.15) is 0 Å². The Bertz CT molecular complexity index is 210. The Morgan fingerprint density at radius 3 is 1.39 bits per heavy atom. The van der Waals surface area contributed by atoms with Crippen LogP contribution in [0.15, 0.2) is 0 Å². The van der Waals surface area contributed by atoms with Crippen LogP contribution in [0.5, 0.6) is 0 Å². The highest BCUT2D eigenvalue weighted by Crippen LogP contribution is 2.24. The van der Waals surface area contributed by atoms with Crippen LogP contribution in [-0.2, 0) is 9.59 Å². The Balaban J connectivity index is 2.99. The number of hydrogen-bond acceptors (Lipinski definition) is 4. The summed E-state index contributed by atoms with van der Waals surface area (Å²) < 4.78 is 0. The average Bonchev–Trinajstić information content (AvgIpc) is 2.29. The Morgan fingerprint density at radius 2 is 1.06 bits per heavy atom. The lowest BCUT2D eigenvalue weighted by atomic mass is 10.2. The Morgan fingerprint density at radius 1 is 0.667 bits per heavy atom. The number of aliphatic carboxylic acids is 2. The molecule has 0 unspecified atom stereocenters. The first-order valence-electron chi connectivity index (χ1n) is 6.31. The van der Waals surface area contributed by atoms with Gasteiger partial charge in [0.1, 0.15) is 0 Å². The fourth-order valence-corrected chi connectivity index (χ4v) is 3.64. The predicted molar refractivity (Wildman–Crippen MR) is 77.1 cm³/mol. The highest BCUT2D eigenvalue weighted by atomic mass is 33.1. The van der Waals surface area contributed by atoms with Gasteiger partial charge in [-0.05, 0) is 25.7 Å². The van der Waals surface area contributed by atoms with E-state index >= 15 is 0 Å². The fraction of sp³-hybridized carbons (Fsp3) is 0.833. The molecule has 0 atom stereocenters. The standard InChI is InChI=1S/C12H22O4S2/c13-11(14)7-3-1-5-9-17-18-10-6-2-4-8-12(15)16/h1-10H2,(H,13,14)(H,15,16). The molecule has 0 bridgehead atoms. The molecule has 0 spiro atoms. The van der Waals surface area contributed by atoms with E-state index in [1.807, 2.05) is 21.6 Å². The van der Waals surface area contributed by atoms with Crippen LogP contribution in [0.3, 0.4) is 0 Å². The SMILES string of the molecule is O=C(O)CCCCCSSCCCCCC(=O)O. The van der Waals surface area contributed by atoms with E-state index in [4.69, 9.17) is 10.2 Å². The number of rotatable bonds is 13. The van der Waals surface area contributed by atoms with Gasteiger partial charge in [0.25, 0.3) is 0 Å². The molecule has 2 N–H and O–H groups in total. The third-order valence-corrected chi connectivity index (χ3v) is 4.90. The number of carboxylic acids is 2. The summed E-state index contributed by atoms with van der Waals surface area (Å²) in [6.45, 7) is 0. The van der Waals surface area contributed by atoms with Crippen molar-refractivity contribution in [2.45, 2.75) is 51.4 Å². The van der Waals surface area contributed by atoms with E-state index in [0.717, 1.165) is 50.0 Å². The molecule has 106 valence electrons. The lowest BCUT2D eigenvalue weighted by Gasteiger charge is -2.01. The largest absolute Gasteiger partial charge is 0.481 e. The molecule has 0 aliphatic heterocycles. The highest BCUT2D eigenvalue weighted by Gasteiger charge is 1.98. The van der Waals surface area contributed by atoms with Crippen LogP contribution in [0, 0.1) is 0 Å².